The zero-order chi connectivity index (χ0) is 11.1. The van der Waals surface area contributed by atoms with Crippen LogP contribution in [0.15, 0.2) is 12.3 Å². The SMILES string of the molecule is CC(C)(C)C(=O)c1ccnn1CC1CC1. The Labute approximate surface area is 90.5 Å². The largest absolute Gasteiger partial charge is 0.292 e. The molecule has 15 heavy (non-hydrogen) atoms. The van der Waals surface area contributed by atoms with E-state index < -0.39 is 0 Å². The molecule has 0 aromatic carbocycles. The molecule has 1 aliphatic carbocycles. The van der Waals surface area contributed by atoms with E-state index >= 15 is 0 Å². The number of carbonyl (C=O) groups is 1. The van der Waals surface area contributed by atoms with Crippen LogP contribution in [0.2, 0.25) is 0 Å². The van der Waals surface area contributed by atoms with Crippen LogP contribution in [0.3, 0.4) is 0 Å². The molecule has 2 rings (SSSR count). The molecule has 0 spiro atoms. The van der Waals surface area contributed by atoms with Crippen molar-refractivity contribution >= 4 is 5.78 Å². The molecule has 0 amide bonds. The van der Waals surface area contributed by atoms with Crippen LogP contribution in [0, 0.1) is 11.3 Å². The van der Waals surface area contributed by atoms with E-state index in [-0.39, 0.29) is 11.2 Å². The summed E-state index contributed by atoms with van der Waals surface area (Å²) < 4.78 is 1.87. The highest BCUT2D eigenvalue weighted by atomic mass is 16.1. The van der Waals surface area contributed by atoms with Crippen LogP contribution in [0.4, 0.5) is 0 Å². The zero-order valence-electron chi connectivity index (χ0n) is 9.66. The standard InChI is InChI=1S/C12H18N2O/c1-12(2,3)11(15)10-6-7-13-14(10)8-9-4-5-9/h6-7,9H,4-5,8H2,1-3H3. The molecule has 0 aliphatic heterocycles. The number of carbonyl (C=O) groups excluding carboxylic acids is 1. The first-order valence-corrected chi connectivity index (χ1v) is 5.55. The molecule has 3 heteroatoms. The summed E-state index contributed by atoms with van der Waals surface area (Å²) in [5, 5.41) is 4.23. The van der Waals surface area contributed by atoms with Crippen LogP contribution in [0.1, 0.15) is 44.1 Å². The number of hydrogen-bond donors (Lipinski definition) is 0. The molecular formula is C12H18N2O. The average molecular weight is 206 g/mol. The van der Waals surface area contributed by atoms with Gasteiger partial charge in [0.2, 0.25) is 0 Å². The van der Waals surface area contributed by atoms with E-state index in [2.05, 4.69) is 5.10 Å². The van der Waals surface area contributed by atoms with Crippen LogP contribution in [-0.2, 0) is 6.54 Å². The summed E-state index contributed by atoms with van der Waals surface area (Å²) in [6.45, 7) is 6.75. The first kappa shape index (κ1) is 10.4. The van der Waals surface area contributed by atoms with Crippen LogP contribution >= 0.6 is 0 Å². The Morgan fingerprint density at radius 1 is 1.53 bits per heavy atom. The summed E-state index contributed by atoms with van der Waals surface area (Å²) >= 11 is 0. The lowest BCUT2D eigenvalue weighted by Crippen LogP contribution is -2.24. The van der Waals surface area contributed by atoms with E-state index in [1.165, 1.54) is 12.8 Å². The molecule has 1 heterocycles. The smallest absolute Gasteiger partial charge is 0.186 e. The van der Waals surface area contributed by atoms with E-state index in [0.29, 0.717) is 0 Å². The predicted octanol–water partition coefficient (Wildman–Crippen LogP) is 2.52. The second-order valence-electron chi connectivity index (χ2n) is 5.42. The zero-order valence-corrected chi connectivity index (χ0v) is 9.66. The van der Waals surface area contributed by atoms with E-state index in [4.69, 9.17) is 0 Å². The summed E-state index contributed by atoms with van der Waals surface area (Å²) in [4.78, 5) is 12.1. The van der Waals surface area contributed by atoms with Crippen molar-refractivity contribution in [1.29, 1.82) is 0 Å². The van der Waals surface area contributed by atoms with Gasteiger partial charge in [0.25, 0.3) is 0 Å². The molecule has 0 bridgehead atoms. The molecule has 1 fully saturated rings. The maximum absolute atomic E-state index is 12.1. The van der Waals surface area contributed by atoms with Gasteiger partial charge in [-0.1, -0.05) is 20.8 Å². The van der Waals surface area contributed by atoms with E-state index in [0.717, 1.165) is 18.2 Å². The number of Topliss-reactive ketones (excluding diaryl/α,β-unsaturated/α-hetero) is 1. The van der Waals surface area contributed by atoms with Gasteiger partial charge >= 0.3 is 0 Å². The van der Waals surface area contributed by atoms with Gasteiger partial charge in [-0.3, -0.25) is 9.48 Å². The van der Waals surface area contributed by atoms with Gasteiger partial charge in [0.05, 0.1) is 0 Å². The van der Waals surface area contributed by atoms with Gasteiger partial charge in [-0.05, 0) is 24.8 Å². The quantitative estimate of drug-likeness (QED) is 0.712. The fourth-order valence-corrected chi connectivity index (χ4v) is 1.60. The summed E-state index contributed by atoms with van der Waals surface area (Å²) in [6, 6.07) is 1.83. The van der Waals surface area contributed by atoms with Crippen LogP contribution in [0.5, 0.6) is 0 Å². The number of hydrogen-bond acceptors (Lipinski definition) is 2. The highest BCUT2D eigenvalue weighted by molar-refractivity contribution is 5.98. The monoisotopic (exact) mass is 206 g/mol. The first-order valence-electron chi connectivity index (χ1n) is 5.55. The third kappa shape index (κ3) is 2.28. The van der Waals surface area contributed by atoms with Gasteiger partial charge in [0, 0.05) is 18.2 Å². The molecule has 82 valence electrons. The van der Waals surface area contributed by atoms with Gasteiger partial charge in [0.1, 0.15) is 5.69 Å². The van der Waals surface area contributed by atoms with Crippen molar-refractivity contribution in [2.75, 3.05) is 0 Å². The average Bonchev–Trinajstić information content (AvgIpc) is 2.80. The van der Waals surface area contributed by atoms with Crippen molar-refractivity contribution in [2.24, 2.45) is 11.3 Å². The highest BCUT2D eigenvalue weighted by Crippen LogP contribution is 2.31. The third-order valence-corrected chi connectivity index (χ3v) is 2.76. The van der Waals surface area contributed by atoms with E-state index in [1.54, 1.807) is 6.20 Å². The molecular weight excluding hydrogens is 188 g/mol. The summed E-state index contributed by atoms with van der Waals surface area (Å²) in [5.74, 6) is 0.928. The Kier molecular flexibility index (Phi) is 2.41. The summed E-state index contributed by atoms with van der Waals surface area (Å²) in [6.07, 6.45) is 4.29. The van der Waals surface area contributed by atoms with Gasteiger partial charge < -0.3 is 0 Å². The van der Waals surface area contributed by atoms with Crippen molar-refractivity contribution in [1.82, 2.24) is 9.78 Å². The van der Waals surface area contributed by atoms with Crippen LogP contribution < -0.4 is 0 Å². The Morgan fingerprint density at radius 3 is 2.73 bits per heavy atom. The Hall–Kier alpha value is -1.12. The molecule has 3 nitrogen and oxygen atoms in total. The summed E-state index contributed by atoms with van der Waals surface area (Å²) in [5.41, 5.74) is 0.441. The fraction of sp³-hybridized carbons (Fsp3) is 0.667. The van der Waals surface area contributed by atoms with Crippen molar-refractivity contribution in [3.05, 3.63) is 18.0 Å². The second kappa shape index (κ2) is 3.47. The maximum atomic E-state index is 12.1. The van der Waals surface area contributed by atoms with E-state index in [1.807, 2.05) is 31.5 Å². The molecule has 1 aliphatic rings. The minimum atomic E-state index is -0.318. The molecule has 1 saturated carbocycles. The highest BCUT2D eigenvalue weighted by Gasteiger charge is 2.28. The Bertz CT molecular complexity index is 369. The summed E-state index contributed by atoms with van der Waals surface area (Å²) in [7, 11) is 0. The lowest BCUT2D eigenvalue weighted by molar-refractivity contribution is 0.0846. The van der Waals surface area contributed by atoms with Gasteiger partial charge in [-0.25, -0.2) is 0 Å². The molecule has 0 N–H and O–H groups in total. The lowest BCUT2D eigenvalue weighted by atomic mass is 9.89. The molecule has 0 unspecified atom stereocenters. The van der Waals surface area contributed by atoms with Crippen molar-refractivity contribution in [3.63, 3.8) is 0 Å². The Morgan fingerprint density at radius 2 is 2.20 bits per heavy atom. The van der Waals surface area contributed by atoms with Gasteiger partial charge in [-0.15, -0.1) is 0 Å². The second-order valence-corrected chi connectivity index (χ2v) is 5.42. The van der Waals surface area contributed by atoms with Crippen LogP contribution in [0.25, 0.3) is 0 Å². The Balaban J connectivity index is 2.19. The topological polar surface area (TPSA) is 34.9 Å². The maximum Gasteiger partial charge on any atom is 0.186 e. The predicted molar refractivity (Wildman–Crippen MR) is 58.7 cm³/mol. The number of ketones is 1. The minimum Gasteiger partial charge on any atom is -0.292 e. The molecule has 1 aromatic heterocycles. The van der Waals surface area contributed by atoms with E-state index in [9.17, 15) is 4.79 Å². The van der Waals surface area contributed by atoms with Crippen molar-refractivity contribution in [3.8, 4) is 0 Å². The van der Waals surface area contributed by atoms with Crippen molar-refractivity contribution < 1.29 is 4.79 Å². The molecule has 0 atom stereocenters. The van der Waals surface area contributed by atoms with Crippen LogP contribution in [-0.4, -0.2) is 15.6 Å². The molecule has 0 saturated heterocycles. The lowest BCUT2D eigenvalue weighted by Gasteiger charge is -2.17. The van der Waals surface area contributed by atoms with Gasteiger partial charge in [0.15, 0.2) is 5.78 Å². The number of nitrogens with zero attached hydrogens (tertiary/aromatic N) is 2. The minimum absolute atomic E-state index is 0.181. The third-order valence-electron chi connectivity index (χ3n) is 2.76. The number of rotatable bonds is 3. The molecule has 0 radical (unpaired) electrons. The number of aromatic nitrogens is 2. The normalized spacial score (nSPS) is 16.7. The molecule has 1 aromatic rings. The van der Waals surface area contributed by atoms with Gasteiger partial charge in [-0.2, -0.15) is 5.10 Å². The van der Waals surface area contributed by atoms with Crippen molar-refractivity contribution in [2.45, 2.75) is 40.2 Å². The fourth-order valence-electron chi connectivity index (χ4n) is 1.60. The first-order chi connectivity index (χ1) is 6.98.